The molecule has 0 aromatic carbocycles. The second-order valence-corrected chi connectivity index (χ2v) is 5.27. The second-order valence-electron chi connectivity index (χ2n) is 5.27. The van der Waals surface area contributed by atoms with Gasteiger partial charge >= 0.3 is 5.97 Å². The molecule has 1 atom stereocenters. The lowest BCUT2D eigenvalue weighted by atomic mass is 10.1. The van der Waals surface area contributed by atoms with Crippen molar-refractivity contribution in [3.05, 3.63) is 0 Å². The van der Waals surface area contributed by atoms with Crippen LogP contribution >= 0.6 is 0 Å². The molecule has 0 aromatic heterocycles. The summed E-state index contributed by atoms with van der Waals surface area (Å²) in [5.41, 5.74) is 0. The minimum Gasteiger partial charge on any atom is -0.481 e. The first kappa shape index (κ1) is 15.0. The molecule has 1 aliphatic rings. The van der Waals surface area contributed by atoms with Crippen molar-refractivity contribution in [2.75, 3.05) is 0 Å². The van der Waals surface area contributed by atoms with Crippen LogP contribution in [-0.2, 0) is 9.59 Å². The highest BCUT2D eigenvalue weighted by Gasteiger charge is 2.33. The molecule has 0 aliphatic heterocycles. The molecule has 1 saturated carbocycles. The molecule has 4 nitrogen and oxygen atoms in total. The summed E-state index contributed by atoms with van der Waals surface area (Å²) in [6.45, 7) is 2.17. The van der Waals surface area contributed by atoms with Crippen LogP contribution in [0.4, 0.5) is 0 Å². The van der Waals surface area contributed by atoms with E-state index in [4.69, 9.17) is 5.11 Å². The maximum atomic E-state index is 11.7. The van der Waals surface area contributed by atoms with Crippen LogP contribution in [0.25, 0.3) is 0 Å². The summed E-state index contributed by atoms with van der Waals surface area (Å²) >= 11 is 0. The van der Waals surface area contributed by atoms with Gasteiger partial charge in [0.15, 0.2) is 0 Å². The average molecular weight is 255 g/mol. The lowest BCUT2D eigenvalue weighted by Gasteiger charge is -2.16. The highest BCUT2D eigenvalue weighted by molar-refractivity contribution is 5.77. The number of rotatable bonds is 10. The smallest absolute Gasteiger partial charge is 0.305 e. The molecular weight excluding hydrogens is 230 g/mol. The Bertz CT molecular complexity index is 274. The zero-order valence-electron chi connectivity index (χ0n) is 11.3. The summed E-state index contributed by atoms with van der Waals surface area (Å²) in [5.74, 6) is -0.412. The number of carbonyl (C=O) groups excluding carboxylic acids is 1. The number of carboxylic acids is 1. The lowest BCUT2D eigenvalue weighted by Crippen LogP contribution is -2.37. The Labute approximate surface area is 109 Å². The molecule has 1 fully saturated rings. The molecule has 104 valence electrons. The maximum Gasteiger partial charge on any atom is 0.305 e. The molecule has 0 saturated heterocycles. The summed E-state index contributed by atoms with van der Waals surface area (Å²) in [5, 5.41) is 11.7. The standard InChI is InChI=1S/C14H25NO3/c1-2-3-4-5-6-7-13(16)15-12(10-14(17)18)11-8-9-11/h11-12H,2-10H2,1H3,(H,15,16)(H,17,18). The number of nitrogens with one attached hydrogen (secondary N) is 1. The van der Waals surface area contributed by atoms with Crippen LogP contribution in [0.2, 0.25) is 0 Å². The third-order valence-electron chi connectivity index (χ3n) is 3.44. The van der Waals surface area contributed by atoms with Gasteiger partial charge in [0, 0.05) is 12.5 Å². The van der Waals surface area contributed by atoms with E-state index in [1.165, 1.54) is 19.3 Å². The molecule has 1 rings (SSSR count). The topological polar surface area (TPSA) is 66.4 Å². The first-order valence-electron chi connectivity index (χ1n) is 7.14. The third kappa shape index (κ3) is 6.62. The molecule has 2 N–H and O–H groups in total. The van der Waals surface area contributed by atoms with Gasteiger partial charge in [0.05, 0.1) is 6.42 Å². The highest BCUT2D eigenvalue weighted by Crippen LogP contribution is 2.34. The Balaban J connectivity index is 2.14. The number of unbranched alkanes of at least 4 members (excludes halogenated alkanes) is 4. The Morgan fingerprint density at radius 1 is 1.22 bits per heavy atom. The fourth-order valence-corrected chi connectivity index (χ4v) is 2.19. The average Bonchev–Trinajstić information content (AvgIpc) is 3.11. The normalized spacial score (nSPS) is 16.3. The molecule has 0 bridgehead atoms. The number of hydrogen-bond acceptors (Lipinski definition) is 2. The third-order valence-corrected chi connectivity index (χ3v) is 3.44. The first-order valence-corrected chi connectivity index (χ1v) is 7.14. The van der Waals surface area contributed by atoms with Gasteiger partial charge in [0.1, 0.15) is 0 Å². The van der Waals surface area contributed by atoms with Gasteiger partial charge in [-0.2, -0.15) is 0 Å². The monoisotopic (exact) mass is 255 g/mol. The van der Waals surface area contributed by atoms with Crippen LogP contribution in [-0.4, -0.2) is 23.0 Å². The van der Waals surface area contributed by atoms with Gasteiger partial charge in [-0.25, -0.2) is 0 Å². The van der Waals surface area contributed by atoms with Crippen molar-refractivity contribution in [1.29, 1.82) is 0 Å². The van der Waals surface area contributed by atoms with Crippen LogP contribution in [0.15, 0.2) is 0 Å². The number of carbonyl (C=O) groups is 2. The van der Waals surface area contributed by atoms with Gasteiger partial charge in [-0.15, -0.1) is 0 Å². The molecule has 1 amide bonds. The minimum atomic E-state index is -0.824. The Hall–Kier alpha value is -1.06. The van der Waals surface area contributed by atoms with E-state index in [9.17, 15) is 9.59 Å². The first-order chi connectivity index (χ1) is 8.63. The van der Waals surface area contributed by atoms with Crippen molar-refractivity contribution in [3.63, 3.8) is 0 Å². The summed E-state index contributed by atoms with van der Waals surface area (Å²) in [7, 11) is 0. The molecule has 0 spiro atoms. The van der Waals surface area contributed by atoms with Crippen LogP contribution in [0.5, 0.6) is 0 Å². The molecule has 4 heteroatoms. The van der Waals surface area contributed by atoms with Crippen molar-refractivity contribution in [2.45, 2.75) is 70.8 Å². The molecule has 1 unspecified atom stereocenters. The van der Waals surface area contributed by atoms with Crippen LogP contribution in [0.3, 0.4) is 0 Å². The molecule has 0 heterocycles. The largest absolute Gasteiger partial charge is 0.481 e. The van der Waals surface area contributed by atoms with E-state index in [1.807, 2.05) is 0 Å². The zero-order valence-corrected chi connectivity index (χ0v) is 11.3. The number of amides is 1. The second kappa shape index (κ2) is 8.11. The van der Waals surface area contributed by atoms with Crippen molar-refractivity contribution < 1.29 is 14.7 Å². The molecule has 0 aromatic rings. The SMILES string of the molecule is CCCCCCCC(=O)NC(CC(=O)O)C1CC1. The van der Waals surface area contributed by atoms with Gasteiger partial charge < -0.3 is 10.4 Å². The zero-order chi connectivity index (χ0) is 13.4. The van der Waals surface area contributed by atoms with Crippen LogP contribution in [0.1, 0.15) is 64.7 Å². The fourth-order valence-electron chi connectivity index (χ4n) is 2.19. The van der Waals surface area contributed by atoms with Crippen molar-refractivity contribution in [3.8, 4) is 0 Å². The predicted octanol–water partition coefficient (Wildman–Crippen LogP) is 2.72. The number of carboxylic acid groups (broad SMARTS) is 1. The van der Waals surface area contributed by atoms with E-state index in [0.717, 1.165) is 25.7 Å². The Kier molecular flexibility index (Phi) is 6.76. The highest BCUT2D eigenvalue weighted by atomic mass is 16.4. The van der Waals surface area contributed by atoms with E-state index < -0.39 is 5.97 Å². The fraction of sp³-hybridized carbons (Fsp3) is 0.857. The molecule has 0 radical (unpaired) electrons. The van der Waals surface area contributed by atoms with Crippen LogP contribution in [0, 0.1) is 5.92 Å². The molecule has 18 heavy (non-hydrogen) atoms. The Morgan fingerprint density at radius 3 is 2.44 bits per heavy atom. The summed E-state index contributed by atoms with van der Waals surface area (Å²) in [6, 6.07) is -0.148. The van der Waals surface area contributed by atoms with E-state index in [1.54, 1.807) is 0 Å². The van der Waals surface area contributed by atoms with E-state index in [0.29, 0.717) is 12.3 Å². The summed E-state index contributed by atoms with van der Waals surface area (Å²) < 4.78 is 0. The minimum absolute atomic E-state index is 0.0182. The lowest BCUT2D eigenvalue weighted by molar-refractivity contribution is -0.137. The van der Waals surface area contributed by atoms with Crippen LogP contribution < -0.4 is 5.32 Å². The van der Waals surface area contributed by atoms with Gasteiger partial charge in [-0.3, -0.25) is 9.59 Å². The van der Waals surface area contributed by atoms with E-state index in [2.05, 4.69) is 12.2 Å². The van der Waals surface area contributed by atoms with Crippen molar-refractivity contribution in [2.24, 2.45) is 5.92 Å². The van der Waals surface area contributed by atoms with Gasteiger partial charge in [-0.1, -0.05) is 32.6 Å². The van der Waals surface area contributed by atoms with Gasteiger partial charge in [0.2, 0.25) is 5.91 Å². The number of hydrogen-bond donors (Lipinski definition) is 2. The van der Waals surface area contributed by atoms with Crippen molar-refractivity contribution in [1.82, 2.24) is 5.32 Å². The van der Waals surface area contributed by atoms with Gasteiger partial charge in [-0.05, 0) is 25.2 Å². The van der Waals surface area contributed by atoms with Gasteiger partial charge in [0.25, 0.3) is 0 Å². The summed E-state index contributed by atoms with van der Waals surface area (Å²) in [6.07, 6.45) is 8.32. The predicted molar refractivity (Wildman–Crippen MR) is 70.3 cm³/mol. The maximum absolute atomic E-state index is 11.7. The van der Waals surface area contributed by atoms with Crippen molar-refractivity contribution >= 4 is 11.9 Å². The Morgan fingerprint density at radius 2 is 1.89 bits per heavy atom. The number of aliphatic carboxylic acids is 1. The molecule has 1 aliphatic carbocycles. The molecular formula is C14H25NO3. The van der Waals surface area contributed by atoms with E-state index >= 15 is 0 Å². The van der Waals surface area contributed by atoms with E-state index in [-0.39, 0.29) is 18.4 Å². The summed E-state index contributed by atoms with van der Waals surface area (Å²) in [4.78, 5) is 22.4. The quantitative estimate of drug-likeness (QED) is 0.590.